The number of carboxylic acids is 1. The van der Waals surface area contributed by atoms with E-state index in [1.807, 2.05) is 0 Å². The third-order valence-electron chi connectivity index (χ3n) is 3.60. The predicted molar refractivity (Wildman–Crippen MR) is 78.2 cm³/mol. The van der Waals surface area contributed by atoms with Crippen molar-refractivity contribution in [2.75, 3.05) is 25.4 Å². The fraction of sp³-hybridized carbons (Fsp3) is 0.846. The van der Waals surface area contributed by atoms with Crippen LogP contribution >= 0.6 is 0 Å². The highest BCUT2D eigenvalue weighted by Gasteiger charge is 2.36. The van der Waals surface area contributed by atoms with Crippen molar-refractivity contribution in [1.82, 2.24) is 9.21 Å². The molecule has 0 aromatic heterocycles. The monoisotopic (exact) mass is 320 g/mol. The van der Waals surface area contributed by atoms with Gasteiger partial charge in [-0.2, -0.15) is 0 Å². The number of hydrogen-bond acceptors (Lipinski definition) is 4. The third kappa shape index (κ3) is 4.96. The van der Waals surface area contributed by atoms with Gasteiger partial charge in [0.1, 0.15) is 5.75 Å². The molecule has 1 amide bonds. The van der Waals surface area contributed by atoms with Gasteiger partial charge in [0, 0.05) is 25.7 Å². The highest BCUT2D eigenvalue weighted by molar-refractivity contribution is 7.89. The Kier molecular flexibility index (Phi) is 6.15. The zero-order chi connectivity index (χ0) is 16.2. The van der Waals surface area contributed by atoms with Gasteiger partial charge in [-0.05, 0) is 12.8 Å². The Morgan fingerprint density at radius 3 is 2.14 bits per heavy atom. The van der Waals surface area contributed by atoms with Crippen molar-refractivity contribution in [2.24, 2.45) is 5.92 Å². The molecule has 7 nitrogen and oxygen atoms in total. The van der Waals surface area contributed by atoms with E-state index in [1.165, 1.54) is 16.1 Å². The molecule has 1 fully saturated rings. The lowest BCUT2D eigenvalue weighted by atomic mass is 10.1. The zero-order valence-corrected chi connectivity index (χ0v) is 13.6. The Hall–Kier alpha value is -1.15. The summed E-state index contributed by atoms with van der Waals surface area (Å²) in [4.78, 5) is 24.6. The largest absolute Gasteiger partial charge is 0.481 e. The van der Waals surface area contributed by atoms with Crippen molar-refractivity contribution in [3.63, 3.8) is 0 Å². The predicted octanol–water partition coefficient (Wildman–Crippen LogP) is 0.370. The molecule has 0 aliphatic heterocycles. The fourth-order valence-electron chi connectivity index (χ4n) is 2.16. The van der Waals surface area contributed by atoms with Crippen molar-refractivity contribution >= 4 is 21.9 Å². The summed E-state index contributed by atoms with van der Waals surface area (Å²) in [6, 6.07) is -0.00815. The van der Waals surface area contributed by atoms with Gasteiger partial charge in [0.05, 0.1) is 5.92 Å². The van der Waals surface area contributed by atoms with Crippen LogP contribution in [0.15, 0.2) is 0 Å². The lowest BCUT2D eigenvalue weighted by Gasteiger charge is -2.26. The molecule has 1 atom stereocenters. The molecule has 0 radical (unpaired) electrons. The molecule has 0 spiro atoms. The van der Waals surface area contributed by atoms with Gasteiger partial charge in [0.25, 0.3) is 0 Å². The Morgan fingerprint density at radius 1 is 1.24 bits per heavy atom. The second-order valence-electron chi connectivity index (χ2n) is 5.36. The van der Waals surface area contributed by atoms with Crippen LogP contribution in [-0.4, -0.2) is 66.0 Å². The second-order valence-corrected chi connectivity index (χ2v) is 7.33. The first-order chi connectivity index (χ1) is 9.72. The normalized spacial score (nSPS) is 16.8. The molecule has 8 heteroatoms. The van der Waals surface area contributed by atoms with E-state index in [9.17, 15) is 18.0 Å². The summed E-state index contributed by atoms with van der Waals surface area (Å²) in [6.45, 7) is 5.66. The maximum absolute atomic E-state index is 12.3. The first kappa shape index (κ1) is 17.9. The van der Waals surface area contributed by atoms with Gasteiger partial charge in [-0.25, -0.2) is 12.7 Å². The first-order valence-electron chi connectivity index (χ1n) is 7.23. The van der Waals surface area contributed by atoms with Crippen molar-refractivity contribution < 1.29 is 23.1 Å². The minimum atomic E-state index is -3.63. The number of aliphatic carboxylic acids is 1. The number of rotatable bonds is 9. The van der Waals surface area contributed by atoms with Crippen LogP contribution in [0.25, 0.3) is 0 Å². The molecule has 0 saturated heterocycles. The summed E-state index contributed by atoms with van der Waals surface area (Å²) in [5.41, 5.74) is 0. The molecular weight excluding hydrogens is 296 g/mol. The Balaban J connectivity index is 2.76. The molecule has 1 saturated carbocycles. The van der Waals surface area contributed by atoms with Crippen molar-refractivity contribution in [2.45, 2.75) is 39.7 Å². The molecule has 122 valence electrons. The number of carboxylic acid groups (broad SMARTS) is 1. The Bertz CT molecular complexity index is 483. The molecule has 0 bridgehead atoms. The van der Waals surface area contributed by atoms with Gasteiger partial charge in [0.15, 0.2) is 0 Å². The van der Waals surface area contributed by atoms with Crippen LogP contribution in [0, 0.1) is 5.92 Å². The van der Waals surface area contributed by atoms with Gasteiger partial charge in [-0.3, -0.25) is 9.59 Å². The van der Waals surface area contributed by atoms with Crippen LogP contribution in [0.2, 0.25) is 0 Å². The zero-order valence-electron chi connectivity index (χ0n) is 12.8. The van der Waals surface area contributed by atoms with E-state index in [-0.39, 0.29) is 12.6 Å². The van der Waals surface area contributed by atoms with Crippen LogP contribution < -0.4 is 0 Å². The molecule has 21 heavy (non-hydrogen) atoms. The van der Waals surface area contributed by atoms with Crippen LogP contribution in [0.1, 0.15) is 33.6 Å². The molecule has 0 heterocycles. The number of carbonyl (C=O) groups is 2. The van der Waals surface area contributed by atoms with Crippen molar-refractivity contribution in [3.8, 4) is 0 Å². The molecule has 1 rings (SSSR count). The average molecular weight is 320 g/mol. The molecule has 0 aromatic carbocycles. The molecule has 1 unspecified atom stereocenters. The molecule has 0 aromatic rings. The summed E-state index contributed by atoms with van der Waals surface area (Å²) in [5, 5.41) is 8.95. The van der Waals surface area contributed by atoms with Gasteiger partial charge < -0.3 is 10.0 Å². The van der Waals surface area contributed by atoms with E-state index in [0.717, 1.165) is 12.8 Å². The minimum absolute atomic E-state index is 0.00815. The van der Waals surface area contributed by atoms with E-state index in [0.29, 0.717) is 13.1 Å². The molecule has 1 N–H and O–H groups in total. The van der Waals surface area contributed by atoms with E-state index in [2.05, 4.69) is 0 Å². The van der Waals surface area contributed by atoms with Crippen LogP contribution in [0.4, 0.5) is 0 Å². The third-order valence-corrected chi connectivity index (χ3v) is 5.52. The maximum Gasteiger partial charge on any atom is 0.308 e. The van der Waals surface area contributed by atoms with Crippen LogP contribution in [0.5, 0.6) is 0 Å². The smallest absolute Gasteiger partial charge is 0.308 e. The van der Waals surface area contributed by atoms with E-state index >= 15 is 0 Å². The Morgan fingerprint density at radius 2 is 1.76 bits per heavy atom. The van der Waals surface area contributed by atoms with Crippen molar-refractivity contribution in [1.29, 1.82) is 0 Å². The number of sulfonamides is 1. The maximum atomic E-state index is 12.3. The SMILES string of the molecule is CCN(CC)S(=O)(=O)CC(=O)N(CC(C)C(=O)O)C1CC1. The van der Waals surface area contributed by atoms with Gasteiger partial charge >= 0.3 is 5.97 Å². The standard InChI is InChI=1S/C13H24N2O5S/c1-4-14(5-2)21(19,20)9-12(16)15(11-6-7-11)8-10(3)13(17)18/h10-11H,4-9H2,1-3H3,(H,17,18). The summed E-state index contributed by atoms with van der Waals surface area (Å²) >= 11 is 0. The molecule has 1 aliphatic carbocycles. The van der Waals surface area contributed by atoms with Gasteiger partial charge in [0.2, 0.25) is 15.9 Å². The number of amides is 1. The summed E-state index contributed by atoms with van der Waals surface area (Å²) in [6.07, 6.45) is 1.62. The summed E-state index contributed by atoms with van der Waals surface area (Å²) < 4.78 is 25.5. The Labute approximate surface area is 126 Å². The fourth-order valence-corrected chi connectivity index (χ4v) is 3.61. The van der Waals surface area contributed by atoms with E-state index < -0.39 is 33.6 Å². The summed E-state index contributed by atoms with van der Waals surface area (Å²) in [7, 11) is -3.63. The van der Waals surface area contributed by atoms with E-state index in [1.54, 1.807) is 13.8 Å². The molecular formula is C13H24N2O5S. The number of nitrogens with zero attached hydrogens (tertiary/aromatic N) is 2. The van der Waals surface area contributed by atoms with Gasteiger partial charge in [-0.1, -0.05) is 20.8 Å². The molecule has 1 aliphatic rings. The summed E-state index contributed by atoms with van der Waals surface area (Å²) in [5.74, 6) is -2.78. The minimum Gasteiger partial charge on any atom is -0.481 e. The topological polar surface area (TPSA) is 95.0 Å². The van der Waals surface area contributed by atoms with Crippen molar-refractivity contribution in [3.05, 3.63) is 0 Å². The lowest BCUT2D eigenvalue weighted by Crippen LogP contribution is -2.44. The van der Waals surface area contributed by atoms with Crippen LogP contribution in [0.3, 0.4) is 0 Å². The second kappa shape index (κ2) is 7.22. The number of carbonyl (C=O) groups excluding carboxylic acids is 1. The van der Waals surface area contributed by atoms with Crippen LogP contribution in [-0.2, 0) is 19.6 Å². The van der Waals surface area contributed by atoms with Gasteiger partial charge in [-0.15, -0.1) is 0 Å². The quantitative estimate of drug-likeness (QED) is 0.662. The van der Waals surface area contributed by atoms with E-state index in [4.69, 9.17) is 5.11 Å². The highest BCUT2D eigenvalue weighted by atomic mass is 32.2. The average Bonchev–Trinajstić information content (AvgIpc) is 3.19. The number of hydrogen-bond donors (Lipinski definition) is 1. The highest BCUT2D eigenvalue weighted by Crippen LogP contribution is 2.28. The lowest BCUT2D eigenvalue weighted by molar-refractivity contribution is -0.142. The first-order valence-corrected chi connectivity index (χ1v) is 8.83.